The molecule has 0 radical (unpaired) electrons. The van der Waals surface area contributed by atoms with E-state index >= 15 is 0 Å². The summed E-state index contributed by atoms with van der Waals surface area (Å²) in [7, 11) is 0. The third kappa shape index (κ3) is 2.03. The Kier molecular flexibility index (Phi) is 2.26. The number of halogens is 3. The van der Waals surface area contributed by atoms with Gasteiger partial charge in [-0.05, 0) is 12.1 Å². The van der Waals surface area contributed by atoms with Crippen molar-refractivity contribution in [2.24, 2.45) is 4.99 Å². The Bertz CT molecular complexity index is 420. The normalized spacial score (nSPS) is 16.2. The number of aromatic nitrogens is 2. The van der Waals surface area contributed by atoms with E-state index < -0.39 is 11.9 Å². The van der Waals surface area contributed by atoms with Gasteiger partial charge in [-0.1, -0.05) is 0 Å². The molecule has 1 aromatic rings. The Labute approximate surface area is 83.4 Å². The summed E-state index contributed by atoms with van der Waals surface area (Å²) in [4.78, 5) is 10.9. The average molecular weight is 213 g/mol. The molecule has 0 atom stereocenters. The van der Waals surface area contributed by atoms with Crippen LogP contribution in [0, 0.1) is 0 Å². The van der Waals surface area contributed by atoms with Gasteiger partial charge >= 0.3 is 6.18 Å². The molecule has 0 N–H and O–H groups in total. The molecule has 0 aromatic carbocycles. The van der Waals surface area contributed by atoms with Crippen molar-refractivity contribution in [1.82, 2.24) is 9.97 Å². The Morgan fingerprint density at radius 1 is 1.27 bits per heavy atom. The average Bonchev–Trinajstić information content (AvgIpc) is 2.67. The van der Waals surface area contributed by atoms with Gasteiger partial charge in [0.05, 0.1) is 12.2 Å². The number of nitrogens with zero attached hydrogens (tertiary/aromatic N) is 3. The van der Waals surface area contributed by atoms with E-state index in [1.807, 2.05) is 0 Å². The molecule has 0 saturated carbocycles. The van der Waals surface area contributed by atoms with Crippen LogP contribution in [0.3, 0.4) is 0 Å². The van der Waals surface area contributed by atoms with E-state index in [9.17, 15) is 13.2 Å². The first-order chi connectivity index (χ1) is 7.07. The number of alkyl halides is 3. The number of allylic oxidation sites excluding steroid dienone is 1. The molecule has 78 valence electrons. The summed E-state index contributed by atoms with van der Waals surface area (Å²) in [6, 6.07) is 1.56. The van der Waals surface area contributed by atoms with E-state index in [0.29, 0.717) is 11.3 Å². The molecule has 6 heteroatoms. The molecule has 1 aliphatic rings. The number of hydrogen-bond donors (Lipinski definition) is 0. The fraction of sp³-hybridized carbons (Fsp3) is 0.222. The van der Waals surface area contributed by atoms with Crippen LogP contribution in [0.2, 0.25) is 0 Å². The molecule has 0 spiro atoms. The fourth-order valence-corrected chi connectivity index (χ4v) is 1.23. The molecule has 2 heterocycles. The first kappa shape index (κ1) is 9.82. The van der Waals surface area contributed by atoms with Crippen LogP contribution in [0.25, 0.3) is 5.57 Å². The second kappa shape index (κ2) is 3.45. The number of hydrogen-bond acceptors (Lipinski definition) is 3. The summed E-state index contributed by atoms with van der Waals surface area (Å²) in [5, 5.41) is 0. The van der Waals surface area contributed by atoms with Gasteiger partial charge in [-0.25, -0.2) is 9.97 Å². The van der Waals surface area contributed by atoms with Gasteiger partial charge in [-0.3, -0.25) is 4.99 Å². The Morgan fingerprint density at radius 3 is 2.60 bits per heavy atom. The van der Waals surface area contributed by atoms with Crippen molar-refractivity contribution in [2.75, 3.05) is 6.54 Å². The van der Waals surface area contributed by atoms with Crippen molar-refractivity contribution in [3.63, 3.8) is 0 Å². The largest absolute Gasteiger partial charge is 0.432 e. The minimum atomic E-state index is -4.38. The van der Waals surface area contributed by atoms with Gasteiger partial charge < -0.3 is 0 Å². The van der Waals surface area contributed by atoms with Crippen LogP contribution in [0.1, 0.15) is 5.69 Å². The first-order valence-corrected chi connectivity index (χ1v) is 4.16. The molecule has 3 nitrogen and oxygen atoms in total. The van der Waals surface area contributed by atoms with E-state index in [-0.39, 0.29) is 6.54 Å². The van der Waals surface area contributed by atoms with Crippen LogP contribution in [-0.2, 0) is 0 Å². The van der Waals surface area contributed by atoms with Crippen LogP contribution in [0.5, 0.6) is 0 Å². The molecule has 0 amide bonds. The second-order valence-electron chi connectivity index (χ2n) is 2.96. The van der Waals surface area contributed by atoms with Crippen LogP contribution >= 0.6 is 0 Å². The highest BCUT2D eigenvalue weighted by atomic mass is 19.4. The summed E-state index contributed by atoms with van der Waals surface area (Å²) >= 11 is 0. The topological polar surface area (TPSA) is 38.1 Å². The molecule has 1 aliphatic heterocycles. The van der Waals surface area contributed by atoms with Gasteiger partial charge in [0.15, 0.2) is 0 Å². The molecular formula is C9H6F3N3. The quantitative estimate of drug-likeness (QED) is 0.714. The monoisotopic (exact) mass is 213 g/mol. The standard InChI is InChI=1S/C9H6F3N3/c10-9(11,12)8-3-6(4-14-8)7-1-2-13-5-15-7/h1-3,5H,4H2. The first-order valence-electron chi connectivity index (χ1n) is 4.16. The van der Waals surface area contributed by atoms with E-state index in [1.54, 1.807) is 6.07 Å². The van der Waals surface area contributed by atoms with Gasteiger partial charge in [-0.15, -0.1) is 0 Å². The Morgan fingerprint density at radius 2 is 2.07 bits per heavy atom. The van der Waals surface area contributed by atoms with Crippen molar-refractivity contribution in [3.8, 4) is 0 Å². The van der Waals surface area contributed by atoms with Gasteiger partial charge in [0.1, 0.15) is 12.0 Å². The lowest BCUT2D eigenvalue weighted by molar-refractivity contribution is -0.0576. The highest BCUT2D eigenvalue weighted by Crippen LogP contribution is 2.25. The van der Waals surface area contributed by atoms with Crippen LogP contribution in [-0.4, -0.2) is 28.4 Å². The lowest BCUT2D eigenvalue weighted by Crippen LogP contribution is -2.19. The maximum absolute atomic E-state index is 12.2. The predicted octanol–water partition coefficient (Wildman–Crippen LogP) is 1.88. The molecule has 0 saturated heterocycles. The minimum absolute atomic E-state index is 0.0197. The third-order valence-corrected chi connectivity index (χ3v) is 1.93. The minimum Gasteiger partial charge on any atom is -0.276 e. The Hall–Kier alpha value is -1.72. The number of aliphatic imine (C=N–C) groups is 1. The zero-order valence-corrected chi connectivity index (χ0v) is 7.49. The van der Waals surface area contributed by atoms with Gasteiger partial charge in [0.25, 0.3) is 0 Å². The van der Waals surface area contributed by atoms with Crippen molar-refractivity contribution in [3.05, 3.63) is 30.4 Å². The third-order valence-electron chi connectivity index (χ3n) is 1.93. The smallest absolute Gasteiger partial charge is 0.276 e. The zero-order chi connectivity index (χ0) is 10.9. The molecule has 2 rings (SSSR count). The summed E-state index contributed by atoms with van der Waals surface area (Å²) in [5.74, 6) is 0. The molecule has 0 fully saturated rings. The molecule has 0 bridgehead atoms. The summed E-state index contributed by atoms with van der Waals surface area (Å²) in [6.07, 6.45) is -0.590. The summed E-state index contributed by atoms with van der Waals surface area (Å²) in [5.41, 5.74) is 0.0915. The van der Waals surface area contributed by atoms with Crippen molar-refractivity contribution >= 4 is 11.3 Å². The van der Waals surface area contributed by atoms with E-state index in [1.165, 1.54) is 12.5 Å². The second-order valence-corrected chi connectivity index (χ2v) is 2.96. The molecule has 15 heavy (non-hydrogen) atoms. The van der Waals surface area contributed by atoms with Crippen molar-refractivity contribution < 1.29 is 13.2 Å². The van der Waals surface area contributed by atoms with Crippen molar-refractivity contribution in [2.45, 2.75) is 6.18 Å². The summed E-state index contributed by atoms with van der Waals surface area (Å²) in [6.45, 7) is 0.0197. The summed E-state index contributed by atoms with van der Waals surface area (Å²) < 4.78 is 36.7. The lowest BCUT2D eigenvalue weighted by atomic mass is 10.2. The van der Waals surface area contributed by atoms with Crippen LogP contribution in [0.4, 0.5) is 13.2 Å². The lowest BCUT2D eigenvalue weighted by Gasteiger charge is -2.01. The van der Waals surface area contributed by atoms with Crippen LogP contribution in [0.15, 0.2) is 29.7 Å². The SMILES string of the molecule is FC(F)(F)C1=NCC(c2ccncn2)=C1. The molecule has 0 unspecified atom stereocenters. The van der Waals surface area contributed by atoms with Crippen LogP contribution < -0.4 is 0 Å². The molecule has 1 aromatic heterocycles. The molecular weight excluding hydrogens is 207 g/mol. The maximum Gasteiger partial charge on any atom is 0.432 e. The van der Waals surface area contributed by atoms with Gasteiger partial charge in [0, 0.05) is 11.8 Å². The Balaban J connectivity index is 2.25. The van der Waals surface area contributed by atoms with Gasteiger partial charge in [-0.2, -0.15) is 13.2 Å². The van der Waals surface area contributed by atoms with Gasteiger partial charge in [0.2, 0.25) is 0 Å². The predicted molar refractivity (Wildman–Crippen MR) is 48.4 cm³/mol. The van der Waals surface area contributed by atoms with E-state index in [2.05, 4.69) is 15.0 Å². The highest BCUT2D eigenvalue weighted by molar-refractivity contribution is 6.07. The van der Waals surface area contributed by atoms with E-state index in [4.69, 9.17) is 0 Å². The maximum atomic E-state index is 12.2. The molecule has 0 aliphatic carbocycles. The van der Waals surface area contributed by atoms with E-state index in [0.717, 1.165) is 6.08 Å². The fourth-order valence-electron chi connectivity index (χ4n) is 1.23. The van der Waals surface area contributed by atoms with Crippen molar-refractivity contribution in [1.29, 1.82) is 0 Å². The number of rotatable bonds is 1. The highest BCUT2D eigenvalue weighted by Gasteiger charge is 2.36. The zero-order valence-electron chi connectivity index (χ0n) is 7.49.